The number of hydrogen-bond donors (Lipinski definition) is 1. The first-order valence-electron chi connectivity index (χ1n) is 7.74. The second-order valence-electron chi connectivity index (χ2n) is 5.77. The van der Waals surface area contributed by atoms with Crippen LogP contribution in [0.1, 0.15) is 17.2 Å². The number of aromatic nitrogens is 2. The van der Waals surface area contributed by atoms with Crippen LogP contribution >= 0.6 is 0 Å². The second-order valence-corrected chi connectivity index (χ2v) is 5.77. The Kier molecular flexibility index (Phi) is 2.64. The number of nitrogens with one attached hydrogen (secondary N) is 1. The molecule has 3 heterocycles. The SMILES string of the molecule is O=c1oc2ccccc2c2c1C(c1ccccc1)n1nccc1N2. The van der Waals surface area contributed by atoms with Crippen LogP contribution < -0.4 is 10.9 Å². The molecule has 1 aliphatic heterocycles. The summed E-state index contributed by atoms with van der Waals surface area (Å²) in [6.45, 7) is 0. The van der Waals surface area contributed by atoms with Crippen LogP contribution in [-0.4, -0.2) is 9.78 Å². The zero-order chi connectivity index (χ0) is 16.1. The van der Waals surface area contributed by atoms with Gasteiger partial charge in [-0.05, 0) is 17.7 Å². The van der Waals surface area contributed by atoms with Gasteiger partial charge < -0.3 is 9.73 Å². The molecule has 2 aromatic carbocycles. The molecule has 5 rings (SSSR count). The van der Waals surface area contributed by atoms with Gasteiger partial charge in [0.1, 0.15) is 17.4 Å². The van der Waals surface area contributed by atoms with Crippen molar-refractivity contribution in [1.29, 1.82) is 0 Å². The Bertz CT molecular complexity index is 1110. The van der Waals surface area contributed by atoms with E-state index in [0.29, 0.717) is 11.1 Å². The fraction of sp³-hybridized carbons (Fsp3) is 0.0526. The molecular weight excluding hydrogens is 302 g/mol. The molecule has 1 N–H and O–H groups in total. The van der Waals surface area contributed by atoms with E-state index in [9.17, 15) is 4.79 Å². The molecule has 0 radical (unpaired) electrons. The lowest BCUT2D eigenvalue weighted by molar-refractivity contribution is 0.516. The van der Waals surface area contributed by atoms with Crippen LogP contribution in [0, 0.1) is 0 Å². The summed E-state index contributed by atoms with van der Waals surface area (Å²) in [6, 6.07) is 19.0. The van der Waals surface area contributed by atoms with Gasteiger partial charge in [-0.1, -0.05) is 42.5 Å². The van der Waals surface area contributed by atoms with Gasteiger partial charge in [-0.15, -0.1) is 0 Å². The number of anilines is 2. The van der Waals surface area contributed by atoms with Crippen LogP contribution in [0.2, 0.25) is 0 Å². The van der Waals surface area contributed by atoms with Crippen molar-refractivity contribution in [3.63, 3.8) is 0 Å². The summed E-state index contributed by atoms with van der Waals surface area (Å²) in [5.41, 5.74) is 2.60. The van der Waals surface area contributed by atoms with Crippen LogP contribution in [0.4, 0.5) is 11.5 Å². The second kappa shape index (κ2) is 4.83. The molecule has 2 aromatic heterocycles. The zero-order valence-electron chi connectivity index (χ0n) is 12.6. The Balaban J connectivity index is 1.89. The molecule has 0 amide bonds. The maximum absolute atomic E-state index is 12.7. The van der Waals surface area contributed by atoms with Crippen molar-refractivity contribution >= 4 is 22.5 Å². The topological polar surface area (TPSA) is 60.1 Å². The molecule has 0 saturated carbocycles. The van der Waals surface area contributed by atoms with E-state index in [0.717, 1.165) is 22.5 Å². The molecule has 116 valence electrons. The highest BCUT2D eigenvalue weighted by atomic mass is 16.4. The Morgan fingerprint density at radius 2 is 1.79 bits per heavy atom. The standard InChI is InChI=1S/C19H13N3O2/c23-19-16-17(13-8-4-5-9-14(13)24-19)21-15-10-11-20-22(15)18(16)12-6-2-1-3-7-12/h1-11,18,21H. The quantitative estimate of drug-likeness (QED) is 0.479. The fourth-order valence-electron chi connectivity index (χ4n) is 3.36. The van der Waals surface area contributed by atoms with Gasteiger partial charge in [0.05, 0.1) is 17.4 Å². The summed E-state index contributed by atoms with van der Waals surface area (Å²) in [5.74, 6) is 0.854. The van der Waals surface area contributed by atoms with E-state index in [1.807, 2.05) is 65.3 Å². The molecule has 24 heavy (non-hydrogen) atoms. The Hall–Kier alpha value is -3.34. The van der Waals surface area contributed by atoms with Crippen LogP contribution in [0.3, 0.4) is 0 Å². The van der Waals surface area contributed by atoms with Crippen molar-refractivity contribution < 1.29 is 4.42 Å². The van der Waals surface area contributed by atoms with Crippen LogP contribution in [0.5, 0.6) is 0 Å². The van der Waals surface area contributed by atoms with Gasteiger partial charge in [-0.25, -0.2) is 9.48 Å². The van der Waals surface area contributed by atoms with Crippen molar-refractivity contribution in [1.82, 2.24) is 9.78 Å². The average molecular weight is 315 g/mol. The molecule has 4 aromatic rings. The Labute approximate surface area is 137 Å². The predicted molar refractivity (Wildman–Crippen MR) is 91.7 cm³/mol. The van der Waals surface area contributed by atoms with E-state index in [2.05, 4.69) is 10.4 Å². The number of benzene rings is 2. The lowest BCUT2D eigenvalue weighted by Gasteiger charge is -2.28. The smallest absolute Gasteiger partial charge is 0.344 e. The van der Waals surface area contributed by atoms with Gasteiger partial charge in [0.2, 0.25) is 0 Å². The number of para-hydroxylation sites is 1. The van der Waals surface area contributed by atoms with E-state index in [1.165, 1.54) is 0 Å². The van der Waals surface area contributed by atoms with Gasteiger partial charge in [0, 0.05) is 11.5 Å². The third-order valence-electron chi connectivity index (χ3n) is 4.40. The molecule has 0 bridgehead atoms. The summed E-state index contributed by atoms with van der Waals surface area (Å²) in [4.78, 5) is 12.7. The molecule has 0 saturated heterocycles. The molecular formula is C19H13N3O2. The number of hydrogen-bond acceptors (Lipinski definition) is 4. The monoisotopic (exact) mass is 315 g/mol. The van der Waals surface area contributed by atoms with Gasteiger partial charge in [-0.2, -0.15) is 5.10 Å². The van der Waals surface area contributed by atoms with Crippen molar-refractivity contribution in [2.24, 2.45) is 0 Å². The molecule has 0 fully saturated rings. The summed E-state index contributed by atoms with van der Waals surface area (Å²) in [7, 11) is 0. The fourth-order valence-corrected chi connectivity index (χ4v) is 3.36. The third kappa shape index (κ3) is 1.75. The van der Waals surface area contributed by atoms with E-state index in [4.69, 9.17) is 4.42 Å². The van der Waals surface area contributed by atoms with Crippen LogP contribution in [-0.2, 0) is 0 Å². The normalized spacial score (nSPS) is 15.6. The van der Waals surface area contributed by atoms with E-state index < -0.39 is 0 Å². The van der Waals surface area contributed by atoms with Gasteiger partial charge in [-0.3, -0.25) is 0 Å². The zero-order valence-corrected chi connectivity index (χ0v) is 12.6. The molecule has 5 nitrogen and oxygen atoms in total. The minimum atomic E-state index is -0.341. The Morgan fingerprint density at radius 3 is 2.67 bits per heavy atom. The number of nitrogens with zero attached hydrogens (tertiary/aromatic N) is 2. The van der Waals surface area contributed by atoms with Crippen molar-refractivity contribution in [3.8, 4) is 0 Å². The molecule has 5 heteroatoms. The van der Waals surface area contributed by atoms with E-state index in [-0.39, 0.29) is 11.7 Å². The predicted octanol–water partition coefficient (Wildman–Crippen LogP) is 3.68. The lowest BCUT2D eigenvalue weighted by Crippen LogP contribution is -2.27. The number of rotatable bonds is 1. The summed E-state index contributed by atoms with van der Waals surface area (Å²) >= 11 is 0. The highest BCUT2D eigenvalue weighted by molar-refractivity contribution is 5.94. The van der Waals surface area contributed by atoms with E-state index >= 15 is 0 Å². The minimum Gasteiger partial charge on any atom is -0.422 e. The largest absolute Gasteiger partial charge is 0.422 e. The number of fused-ring (bicyclic) bond motifs is 4. The third-order valence-corrected chi connectivity index (χ3v) is 4.40. The summed E-state index contributed by atoms with van der Waals surface area (Å²) in [6.07, 6.45) is 1.73. The molecule has 0 aliphatic carbocycles. The maximum atomic E-state index is 12.7. The first-order valence-corrected chi connectivity index (χ1v) is 7.74. The first-order chi connectivity index (χ1) is 11.8. The van der Waals surface area contributed by atoms with Gasteiger partial charge in [0.15, 0.2) is 0 Å². The average Bonchev–Trinajstić information content (AvgIpc) is 3.09. The molecule has 1 aliphatic rings. The maximum Gasteiger partial charge on any atom is 0.344 e. The van der Waals surface area contributed by atoms with Gasteiger partial charge in [0.25, 0.3) is 0 Å². The van der Waals surface area contributed by atoms with Crippen LogP contribution in [0.25, 0.3) is 11.0 Å². The first kappa shape index (κ1) is 13.1. The van der Waals surface area contributed by atoms with Gasteiger partial charge >= 0.3 is 5.63 Å². The van der Waals surface area contributed by atoms with Crippen molar-refractivity contribution in [2.75, 3.05) is 5.32 Å². The minimum absolute atomic E-state index is 0.312. The summed E-state index contributed by atoms with van der Waals surface area (Å²) in [5, 5.41) is 8.64. The Morgan fingerprint density at radius 1 is 1.00 bits per heavy atom. The van der Waals surface area contributed by atoms with Crippen molar-refractivity contribution in [2.45, 2.75) is 6.04 Å². The molecule has 1 atom stereocenters. The lowest BCUT2D eigenvalue weighted by atomic mass is 9.95. The molecule has 1 unspecified atom stereocenters. The van der Waals surface area contributed by atoms with Crippen LogP contribution in [0.15, 0.2) is 76.1 Å². The van der Waals surface area contributed by atoms with Crippen molar-refractivity contribution in [3.05, 3.63) is 88.4 Å². The molecule has 0 spiro atoms. The van der Waals surface area contributed by atoms with E-state index in [1.54, 1.807) is 6.20 Å². The highest BCUT2D eigenvalue weighted by Gasteiger charge is 2.32. The summed E-state index contributed by atoms with van der Waals surface area (Å²) < 4.78 is 7.39. The highest BCUT2D eigenvalue weighted by Crippen LogP contribution is 2.40.